The van der Waals surface area contributed by atoms with Crippen LogP contribution in [0.25, 0.3) is 0 Å². The van der Waals surface area contributed by atoms with Crippen molar-refractivity contribution in [1.82, 2.24) is 15.5 Å². The highest BCUT2D eigenvalue weighted by Gasteiger charge is 2.25. The summed E-state index contributed by atoms with van der Waals surface area (Å²) in [6, 6.07) is 20.5. The smallest absolute Gasteiger partial charge is 0.191 e. The number of hydrogen-bond acceptors (Lipinski definition) is 3. The largest absolute Gasteiger partial charge is 0.354 e. The normalized spacial score (nSPS) is 20.0. The van der Waals surface area contributed by atoms with E-state index < -0.39 is 0 Å². The molecule has 3 rings (SSSR count). The second-order valence-corrected chi connectivity index (χ2v) is 8.32. The lowest BCUT2D eigenvalue weighted by molar-refractivity contribution is 0.134. The van der Waals surface area contributed by atoms with Gasteiger partial charge in [0.15, 0.2) is 5.96 Å². The van der Waals surface area contributed by atoms with Gasteiger partial charge in [0.25, 0.3) is 0 Å². The Bertz CT molecular complexity index is 751. The Morgan fingerprint density at radius 2 is 1.83 bits per heavy atom. The van der Waals surface area contributed by atoms with Gasteiger partial charge in [0.05, 0.1) is 0 Å². The predicted octanol–water partition coefficient (Wildman–Crippen LogP) is 4.74. The quantitative estimate of drug-likeness (QED) is 0.248. The molecule has 1 aliphatic rings. The van der Waals surface area contributed by atoms with Gasteiger partial charge < -0.3 is 10.6 Å². The molecule has 4 nitrogen and oxygen atoms in total. The van der Waals surface area contributed by atoms with E-state index >= 15 is 0 Å². The zero-order valence-corrected chi connectivity index (χ0v) is 20.7. The van der Waals surface area contributed by atoms with Gasteiger partial charge in [0, 0.05) is 43.7 Å². The van der Waals surface area contributed by atoms with Crippen LogP contribution >= 0.6 is 35.7 Å². The maximum Gasteiger partial charge on any atom is 0.191 e. The van der Waals surface area contributed by atoms with Gasteiger partial charge in [0.2, 0.25) is 0 Å². The third-order valence-electron chi connectivity index (χ3n) is 5.43. The second-order valence-electron chi connectivity index (χ2n) is 7.44. The minimum Gasteiger partial charge on any atom is -0.354 e. The monoisotopic (exact) mass is 524 g/mol. The number of thioether (sulfide) groups is 1. The first-order valence-corrected chi connectivity index (χ1v) is 11.3. The number of aliphatic imine (C=N–C) groups is 1. The van der Waals surface area contributed by atoms with Gasteiger partial charge in [-0.15, -0.1) is 35.7 Å². The third-order valence-corrected chi connectivity index (χ3v) is 6.17. The van der Waals surface area contributed by atoms with Gasteiger partial charge in [-0.05, 0) is 49.3 Å². The van der Waals surface area contributed by atoms with E-state index in [2.05, 4.69) is 88.3 Å². The highest BCUT2D eigenvalue weighted by Crippen LogP contribution is 2.20. The summed E-state index contributed by atoms with van der Waals surface area (Å²) in [5.74, 6) is 0.891. The molecule has 1 aliphatic heterocycles. The molecular weight excluding hydrogens is 491 g/mol. The Labute approximate surface area is 197 Å². The lowest BCUT2D eigenvalue weighted by Crippen LogP contribution is -2.51. The van der Waals surface area contributed by atoms with Crippen LogP contribution in [0.3, 0.4) is 0 Å². The minimum atomic E-state index is 0. The lowest BCUT2D eigenvalue weighted by Gasteiger charge is -2.38. The molecule has 0 spiro atoms. The topological polar surface area (TPSA) is 39.7 Å². The van der Waals surface area contributed by atoms with Crippen molar-refractivity contribution in [2.75, 3.05) is 19.8 Å². The van der Waals surface area contributed by atoms with Crippen molar-refractivity contribution >= 4 is 41.7 Å². The maximum atomic E-state index is 4.42. The Balaban J connectivity index is 0.00000300. The lowest BCUT2D eigenvalue weighted by atomic mass is 9.97. The molecule has 0 aromatic heterocycles. The summed E-state index contributed by atoms with van der Waals surface area (Å²) in [6.07, 6.45) is 4.38. The minimum absolute atomic E-state index is 0. The maximum absolute atomic E-state index is 4.42. The van der Waals surface area contributed by atoms with Crippen molar-refractivity contribution in [3.8, 4) is 0 Å². The van der Waals surface area contributed by atoms with Crippen molar-refractivity contribution in [1.29, 1.82) is 0 Å². The fraction of sp³-hybridized carbons (Fsp3) is 0.435. The third kappa shape index (κ3) is 7.50. The molecule has 158 valence electrons. The number of nitrogens with one attached hydrogen (secondary N) is 2. The number of hydrogen-bond donors (Lipinski definition) is 2. The average molecular weight is 525 g/mol. The Kier molecular flexibility index (Phi) is 10.3. The highest BCUT2D eigenvalue weighted by atomic mass is 127. The van der Waals surface area contributed by atoms with E-state index in [0.717, 1.165) is 38.4 Å². The standard InChI is InChI=1S/C23H32N4S.HI/c1-18-15-21(13-14-27(18)17-20-7-5-4-6-8-20)26-23(24-2)25-16-19-9-11-22(28-3)12-10-19;/h4-12,18,21H,13-17H2,1-3H3,(H2,24,25,26);1H. The van der Waals surface area contributed by atoms with Crippen LogP contribution in [0.15, 0.2) is 64.5 Å². The van der Waals surface area contributed by atoms with Crippen molar-refractivity contribution < 1.29 is 0 Å². The zero-order chi connectivity index (χ0) is 19.8. The molecule has 1 heterocycles. The van der Waals surface area contributed by atoms with E-state index in [1.165, 1.54) is 16.0 Å². The van der Waals surface area contributed by atoms with Crippen molar-refractivity contribution in [2.24, 2.45) is 4.99 Å². The summed E-state index contributed by atoms with van der Waals surface area (Å²) >= 11 is 1.77. The fourth-order valence-electron chi connectivity index (χ4n) is 3.72. The molecule has 2 N–H and O–H groups in total. The van der Waals surface area contributed by atoms with Crippen LogP contribution in [0, 0.1) is 0 Å². The summed E-state index contributed by atoms with van der Waals surface area (Å²) < 4.78 is 0. The molecule has 0 bridgehead atoms. The van der Waals surface area contributed by atoms with Gasteiger partial charge in [-0.25, -0.2) is 0 Å². The fourth-order valence-corrected chi connectivity index (χ4v) is 4.13. The summed E-state index contributed by atoms with van der Waals surface area (Å²) in [5, 5.41) is 7.08. The Hall–Kier alpha value is -1.25. The molecule has 1 fully saturated rings. The summed E-state index contributed by atoms with van der Waals surface area (Å²) in [4.78, 5) is 8.29. The first kappa shape index (κ1) is 24.0. The van der Waals surface area contributed by atoms with Gasteiger partial charge in [-0.1, -0.05) is 42.5 Å². The van der Waals surface area contributed by atoms with E-state index in [1.807, 2.05) is 7.05 Å². The molecule has 2 aromatic carbocycles. The predicted molar refractivity (Wildman–Crippen MR) is 136 cm³/mol. The van der Waals surface area contributed by atoms with Crippen molar-refractivity contribution in [3.05, 3.63) is 65.7 Å². The van der Waals surface area contributed by atoms with E-state index in [9.17, 15) is 0 Å². The average Bonchev–Trinajstić information content (AvgIpc) is 2.74. The number of piperidine rings is 1. The number of benzene rings is 2. The van der Waals surface area contributed by atoms with Crippen LogP contribution in [-0.4, -0.2) is 42.8 Å². The molecule has 29 heavy (non-hydrogen) atoms. The molecule has 0 saturated carbocycles. The first-order chi connectivity index (χ1) is 13.7. The van der Waals surface area contributed by atoms with Gasteiger partial charge in [-0.2, -0.15) is 0 Å². The zero-order valence-electron chi connectivity index (χ0n) is 17.6. The molecule has 2 atom stereocenters. The number of rotatable bonds is 6. The summed E-state index contributed by atoms with van der Waals surface area (Å²) in [5.41, 5.74) is 2.66. The van der Waals surface area contributed by atoms with E-state index in [4.69, 9.17) is 0 Å². The van der Waals surface area contributed by atoms with Crippen LogP contribution < -0.4 is 10.6 Å². The van der Waals surface area contributed by atoms with Crippen LogP contribution in [0.1, 0.15) is 30.9 Å². The number of guanidine groups is 1. The molecule has 2 aromatic rings. The summed E-state index contributed by atoms with van der Waals surface area (Å²) in [6.45, 7) is 5.27. The second kappa shape index (κ2) is 12.4. The molecule has 0 amide bonds. The molecule has 1 saturated heterocycles. The van der Waals surface area contributed by atoms with Gasteiger partial charge in [-0.3, -0.25) is 9.89 Å². The highest BCUT2D eigenvalue weighted by molar-refractivity contribution is 14.0. The van der Waals surface area contributed by atoms with Crippen LogP contribution in [0.4, 0.5) is 0 Å². The number of nitrogens with zero attached hydrogens (tertiary/aromatic N) is 2. The Morgan fingerprint density at radius 3 is 2.45 bits per heavy atom. The van der Waals surface area contributed by atoms with Crippen LogP contribution in [-0.2, 0) is 13.1 Å². The molecule has 2 unspecified atom stereocenters. The van der Waals surface area contributed by atoms with E-state index in [-0.39, 0.29) is 24.0 Å². The van der Waals surface area contributed by atoms with E-state index in [0.29, 0.717) is 12.1 Å². The van der Waals surface area contributed by atoms with Crippen molar-refractivity contribution in [3.63, 3.8) is 0 Å². The van der Waals surface area contributed by atoms with Crippen LogP contribution in [0.2, 0.25) is 0 Å². The van der Waals surface area contributed by atoms with Crippen molar-refractivity contribution in [2.45, 2.75) is 49.8 Å². The number of likely N-dealkylation sites (tertiary alicyclic amines) is 1. The van der Waals surface area contributed by atoms with Crippen LogP contribution in [0.5, 0.6) is 0 Å². The first-order valence-electron chi connectivity index (χ1n) is 10.1. The Morgan fingerprint density at radius 1 is 1.10 bits per heavy atom. The van der Waals surface area contributed by atoms with Gasteiger partial charge >= 0.3 is 0 Å². The molecule has 0 radical (unpaired) electrons. The number of halogens is 1. The molecule has 0 aliphatic carbocycles. The van der Waals surface area contributed by atoms with E-state index in [1.54, 1.807) is 11.8 Å². The summed E-state index contributed by atoms with van der Waals surface area (Å²) in [7, 11) is 1.85. The molecular formula is C23H33IN4S. The van der Waals surface area contributed by atoms with Gasteiger partial charge in [0.1, 0.15) is 0 Å². The SMILES string of the molecule is CN=C(NCc1ccc(SC)cc1)NC1CCN(Cc2ccccc2)C(C)C1.I. The molecule has 6 heteroatoms.